The molecule has 31 heavy (non-hydrogen) atoms. The van der Waals surface area contributed by atoms with Gasteiger partial charge in [-0.25, -0.2) is 9.37 Å². The first-order valence-corrected chi connectivity index (χ1v) is 9.89. The van der Waals surface area contributed by atoms with Crippen LogP contribution in [0.5, 0.6) is 5.75 Å². The van der Waals surface area contributed by atoms with Crippen molar-refractivity contribution in [1.82, 2.24) is 19.7 Å². The van der Waals surface area contributed by atoms with Crippen molar-refractivity contribution in [3.05, 3.63) is 96.8 Å². The van der Waals surface area contributed by atoms with E-state index in [9.17, 15) is 4.39 Å². The molecule has 0 fully saturated rings. The first-order chi connectivity index (χ1) is 15.2. The van der Waals surface area contributed by atoms with Crippen LogP contribution in [0.1, 0.15) is 5.69 Å². The van der Waals surface area contributed by atoms with Gasteiger partial charge in [-0.1, -0.05) is 12.1 Å². The molecule has 6 heteroatoms. The molecule has 5 aromatic rings. The van der Waals surface area contributed by atoms with Crippen LogP contribution < -0.4 is 4.74 Å². The van der Waals surface area contributed by atoms with E-state index in [4.69, 9.17) is 4.74 Å². The summed E-state index contributed by atoms with van der Waals surface area (Å²) in [5.41, 5.74) is 5.13. The summed E-state index contributed by atoms with van der Waals surface area (Å²) in [5.74, 6) is 0.388. The van der Waals surface area contributed by atoms with Crippen LogP contribution in [0.3, 0.4) is 0 Å². The number of para-hydroxylation sites is 1. The molecule has 5 nitrogen and oxygen atoms in total. The van der Waals surface area contributed by atoms with Gasteiger partial charge in [0.2, 0.25) is 0 Å². The number of nitrogens with zero attached hydrogens (tertiary/aromatic N) is 4. The molecule has 0 atom stereocenters. The molecule has 0 aliphatic rings. The van der Waals surface area contributed by atoms with Gasteiger partial charge < -0.3 is 4.74 Å². The molecule has 3 aromatic heterocycles. The lowest BCUT2D eigenvalue weighted by Gasteiger charge is -2.08. The number of benzene rings is 2. The fourth-order valence-electron chi connectivity index (χ4n) is 3.57. The van der Waals surface area contributed by atoms with E-state index in [0.717, 1.165) is 22.4 Å². The van der Waals surface area contributed by atoms with Gasteiger partial charge in [-0.05, 0) is 60.2 Å². The fraction of sp³-hybridized carbons (Fsp3) is 0.0800. The van der Waals surface area contributed by atoms with Gasteiger partial charge in [0.1, 0.15) is 23.9 Å². The van der Waals surface area contributed by atoms with Crippen LogP contribution in [0.25, 0.3) is 33.3 Å². The zero-order valence-corrected chi connectivity index (χ0v) is 16.9. The Morgan fingerprint density at radius 1 is 0.935 bits per heavy atom. The first-order valence-electron chi connectivity index (χ1n) is 9.89. The summed E-state index contributed by atoms with van der Waals surface area (Å²) in [4.78, 5) is 8.57. The van der Waals surface area contributed by atoms with Gasteiger partial charge in [0.25, 0.3) is 0 Å². The topological polar surface area (TPSA) is 52.8 Å². The standard InChI is InChI=1S/C25H19FN4O/c1-30-15-22(17-10-12-27-13-11-17)25(29-30)18-6-8-20(9-7-18)31-16-19-14-23(26)21-4-2-3-5-24(21)28-19/h2-15H,16H2,1H3/i26-1. The number of ether oxygens (including phenoxy) is 1. The van der Waals surface area contributed by atoms with Gasteiger partial charge in [0.15, 0.2) is 0 Å². The summed E-state index contributed by atoms with van der Waals surface area (Å²) in [7, 11) is 1.90. The molecule has 0 saturated heterocycles. The smallest absolute Gasteiger partial charge is 0.134 e. The van der Waals surface area contributed by atoms with Crippen LogP contribution in [0.2, 0.25) is 0 Å². The van der Waals surface area contributed by atoms with Gasteiger partial charge in [0, 0.05) is 42.2 Å². The highest BCUT2D eigenvalue weighted by Gasteiger charge is 2.12. The zero-order valence-electron chi connectivity index (χ0n) is 16.9. The Balaban J connectivity index is 1.36. The van der Waals surface area contributed by atoms with E-state index < -0.39 is 0 Å². The van der Waals surface area contributed by atoms with Crippen LogP contribution in [-0.4, -0.2) is 19.7 Å². The molecule has 3 heterocycles. The van der Waals surface area contributed by atoms with Crippen LogP contribution >= 0.6 is 0 Å². The van der Waals surface area contributed by atoms with Gasteiger partial charge >= 0.3 is 0 Å². The maximum Gasteiger partial charge on any atom is 0.134 e. The second-order valence-electron chi connectivity index (χ2n) is 7.23. The molecule has 2 aromatic carbocycles. The van der Waals surface area contributed by atoms with Crippen molar-refractivity contribution in [2.75, 3.05) is 0 Å². The summed E-state index contributed by atoms with van der Waals surface area (Å²) < 4.78 is 21.9. The number of halogens is 1. The van der Waals surface area contributed by atoms with E-state index in [0.29, 0.717) is 22.3 Å². The van der Waals surface area contributed by atoms with E-state index in [1.807, 2.05) is 55.7 Å². The van der Waals surface area contributed by atoms with E-state index in [2.05, 4.69) is 15.1 Å². The monoisotopic (exact) mass is 409 g/mol. The molecule has 5 rings (SSSR count). The quantitative estimate of drug-likeness (QED) is 0.389. The van der Waals surface area contributed by atoms with Crippen molar-refractivity contribution < 1.29 is 9.13 Å². The van der Waals surface area contributed by atoms with Crippen molar-refractivity contribution >= 4 is 10.9 Å². The lowest BCUT2D eigenvalue weighted by Crippen LogP contribution is -2.00. The molecule has 152 valence electrons. The van der Waals surface area contributed by atoms with Crippen LogP contribution in [0.15, 0.2) is 85.3 Å². The molecule has 0 amide bonds. The van der Waals surface area contributed by atoms with Crippen LogP contribution in [-0.2, 0) is 13.7 Å². The largest absolute Gasteiger partial charge is 0.487 e. The second-order valence-corrected chi connectivity index (χ2v) is 7.23. The van der Waals surface area contributed by atoms with Gasteiger partial charge in [0.05, 0.1) is 11.2 Å². The number of hydrogen-bond acceptors (Lipinski definition) is 4. The van der Waals surface area contributed by atoms with E-state index >= 15 is 0 Å². The van der Waals surface area contributed by atoms with Gasteiger partial charge in [-0.15, -0.1) is 0 Å². The Labute approximate surface area is 178 Å². The summed E-state index contributed by atoms with van der Waals surface area (Å²) >= 11 is 0. The molecule has 0 N–H and O–H groups in total. The minimum atomic E-state index is -0.293. The Morgan fingerprint density at radius 3 is 2.52 bits per heavy atom. The molecule has 0 radical (unpaired) electrons. The highest BCUT2D eigenvalue weighted by molar-refractivity contribution is 5.80. The molecule has 0 spiro atoms. The predicted octanol–water partition coefficient (Wildman–Crippen LogP) is 5.42. The summed E-state index contributed by atoms with van der Waals surface area (Å²) in [6, 6.07) is 20.2. The summed E-state index contributed by atoms with van der Waals surface area (Å²) in [6.45, 7) is 0.187. The lowest BCUT2D eigenvalue weighted by molar-refractivity contribution is 0.301. The molecule has 0 unspecified atom stereocenters. The van der Waals surface area contributed by atoms with E-state index in [1.165, 1.54) is 6.07 Å². The maximum atomic E-state index is 14.3. The third kappa shape index (κ3) is 3.88. The summed E-state index contributed by atoms with van der Waals surface area (Å²) in [5, 5.41) is 5.13. The summed E-state index contributed by atoms with van der Waals surface area (Å²) in [6.07, 6.45) is 5.54. The minimum absolute atomic E-state index is 0.187. The zero-order chi connectivity index (χ0) is 21.2. The number of aromatic nitrogens is 4. The number of pyridine rings is 2. The minimum Gasteiger partial charge on any atom is -0.487 e. The Bertz CT molecular complexity index is 1350. The number of aryl methyl sites for hydroxylation is 1. The molecule has 0 aliphatic carbocycles. The molecular weight excluding hydrogens is 390 g/mol. The average Bonchev–Trinajstić information content (AvgIpc) is 3.20. The van der Waals surface area contributed by atoms with Crippen molar-refractivity contribution in [3.8, 4) is 28.1 Å². The maximum absolute atomic E-state index is 14.3. The first kappa shape index (κ1) is 18.9. The van der Waals surface area contributed by atoms with Crippen molar-refractivity contribution in [1.29, 1.82) is 0 Å². The third-order valence-corrected chi connectivity index (χ3v) is 5.05. The highest BCUT2D eigenvalue weighted by atomic mass is 18.2. The number of hydrogen-bond donors (Lipinski definition) is 0. The average molecular weight is 409 g/mol. The Kier molecular flexibility index (Phi) is 4.88. The Hall–Kier alpha value is -4.06. The Morgan fingerprint density at radius 2 is 1.71 bits per heavy atom. The van der Waals surface area contributed by atoms with Crippen LogP contribution in [0, 0.1) is 5.82 Å². The third-order valence-electron chi connectivity index (χ3n) is 5.05. The van der Waals surface area contributed by atoms with Crippen molar-refractivity contribution in [2.45, 2.75) is 6.61 Å². The van der Waals surface area contributed by atoms with E-state index in [1.54, 1.807) is 35.3 Å². The fourth-order valence-corrected chi connectivity index (χ4v) is 3.57. The lowest BCUT2D eigenvalue weighted by atomic mass is 10.0. The van der Waals surface area contributed by atoms with Crippen molar-refractivity contribution in [2.24, 2.45) is 7.05 Å². The van der Waals surface area contributed by atoms with Gasteiger partial charge in [-0.3, -0.25) is 9.67 Å². The number of rotatable bonds is 5. The number of fused-ring (bicyclic) bond motifs is 1. The van der Waals surface area contributed by atoms with Crippen LogP contribution in [0.4, 0.5) is 4.39 Å². The second kappa shape index (κ2) is 7.99. The van der Waals surface area contributed by atoms with Gasteiger partial charge in [-0.2, -0.15) is 5.10 Å². The molecule has 0 bridgehead atoms. The van der Waals surface area contributed by atoms with Crippen molar-refractivity contribution in [3.63, 3.8) is 0 Å². The van der Waals surface area contributed by atoms with E-state index in [-0.39, 0.29) is 12.4 Å². The normalized spacial score (nSPS) is 11.0. The SMILES string of the molecule is Cn1cc(-c2ccncc2)c(-c2ccc(OCc3cc([18F])c4ccccc4n3)cc2)n1. The molecular formula is C25H19FN4O. The predicted molar refractivity (Wildman–Crippen MR) is 118 cm³/mol. The molecule has 0 aliphatic heterocycles. The highest BCUT2D eigenvalue weighted by Crippen LogP contribution is 2.31. The molecule has 0 saturated carbocycles.